The number of aryl methyl sites for hydroxylation is 1. The highest BCUT2D eigenvalue weighted by molar-refractivity contribution is 9.13. The molecule has 1 aromatic carbocycles. The maximum Gasteiger partial charge on any atom is 0.0399 e. The van der Waals surface area contributed by atoms with Gasteiger partial charge in [0, 0.05) is 8.95 Å². The molecule has 0 amide bonds. The van der Waals surface area contributed by atoms with Gasteiger partial charge in [-0.05, 0) is 68.0 Å². The molecule has 0 heterocycles. The predicted octanol–water partition coefficient (Wildman–Crippen LogP) is 4.14. The first kappa shape index (κ1) is 10.3. The standard InChI is InChI=1S/C10H11Br2/c1-3-7-5-6-9(11)10(12)8(7)4-2/h5H,3-4H2,1-2H3. The molecule has 65 valence electrons. The molecular formula is C10H11Br2. The van der Waals surface area contributed by atoms with Crippen LogP contribution in [0.4, 0.5) is 0 Å². The third-order valence-corrected chi connectivity index (χ3v) is 3.99. The maximum absolute atomic E-state index is 3.55. The molecule has 0 aliphatic heterocycles. The van der Waals surface area contributed by atoms with Gasteiger partial charge in [0.05, 0.1) is 0 Å². The summed E-state index contributed by atoms with van der Waals surface area (Å²) in [5.41, 5.74) is 2.77. The molecule has 0 aliphatic carbocycles. The SMILES string of the molecule is CCc1c[c]c(Br)c(Br)c1CC. The maximum atomic E-state index is 3.55. The van der Waals surface area contributed by atoms with Crippen molar-refractivity contribution in [2.75, 3.05) is 0 Å². The highest BCUT2D eigenvalue weighted by Gasteiger charge is 2.06. The van der Waals surface area contributed by atoms with E-state index in [0.717, 1.165) is 21.8 Å². The van der Waals surface area contributed by atoms with Crippen molar-refractivity contribution < 1.29 is 0 Å². The van der Waals surface area contributed by atoms with E-state index in [1.165, 1.54) is 11.1 Å². The van der Waals surface area contributed by atoms with Gasteiger partial charge < -0.3 is 0 Å². The summed E-state index contributed by atoms with van der Waals surface area (Å²) in [6.45, 7) is 4.34. The van der Waals surface area contributed by atoms with Crippen LogP contribution in [0.5, 0.6) is 0 Å². The lowest BCUT2D eigenvalue weighted by Crippen LogP contribution is -1.92. The van der Waals surface area contributed by atoms with Gasteiger partial charge in [0.25, 0.3) is 0 Å². The molecule has 2 heteroatoms. The van der Waals surface area contributed by atoms with Crippen LogP contribution in [-0.4, -0.2) is 0 Å². The molecule has 0 fully saturated rings. The number of benzene rings is 1. The third kappa shape index (κ3) is 1.91. The van der Waals surface area contributed by atoms with Crippen molar-refractivity contribution >= 4 is 31.9 Å². The molecule has 0 saturated heterocycles. The first-order valence-electron chi connectivity index (χ1n) is 4.08. The van der Waals surface area contributed by atoms with Gasteiger partial charge in [-0.15, -0.1) is 0 Å². The summed E-state index contributed by atoms with van der Waals surface area (Å²) in [4.78, 5) is 0. The van der Waals surface area contributed by atoms with E-state index in [9.17, 15) is 0 Å². The summed E-state index contributed by atoms with van der Waals surface area (Å²) >= 11 is 7.00. The minimum Gasteiger partial charge on any atom is -0.0613 e. The summed E-state index contributed by atoms with van der Waals surface area (Å²) in [7, 11) is 0. The van der Waals surface area contributed by atoms with Crippen molar-refractivity contribution in [3.8, 4) is 0 Å². The van der Waals surface area contributed by atoms with E-state index in [0.29, 0.717) is 0 Å². The lowest BCUT2D eigenvalue weighted by molar-refractivity contribution is 1.02. The van der Waals surface area contributed by atoms with Crippen LogP contribution in [0.15, 0.2) is 15.0 Å². The third-order valence-electron chi connectivity index (χ3n) is 1.95. The molecule has 0 bridgehead atoms. The molecule has 0 spiro atoms. The number of halogens is 2. The van der Waals surface area contributed by atoms with Crippen molar-refractivity contribution in [2.45, 2.75) is 26.7 Å². The Hall–Kier alpha value is 0.180. The zero-order chi connectivity index (χ0) is 9.14. The van der Waals surface area contributed by atoms with Crippen LogP contribution < -0.4 is 0 Å². The van der Waals surface area contributed by atoms with E-state index in [-0.39, 0.29) is 0 Å². The Balaban J connectivity index is 3.25. The Morgan fingerprint density at radius 2 is 1.92 bits per heavy atom. The topological polar surface area (TPSA) is 0 Å². The first-order chi connectivity index (χ1) is 5.70. The van der Waals surface area contributed by atoms with E-state index in [4.69, 9.17) is 0 Å². The summed E-state index contributed by atoms with van der Waals surface area (Å²) in [6, 6.07) is 5.23. The second-order valence-corrected chi connectivity index (χ2v) is 4.21. The lowest BCUT2D eigenvalue weighted by Gasteiger charge is -2.08. The van der Waals surface area contributed by atoms with Gasteiger partial charge in [-0.25, -0.2) is 0 Å². The summed E-state index contributed by atoms with van der Waals surface area (Å²) in [6.07, 6.45) is 2.14. The first-order valence-corrected chi connectivity index (χ1v) is 5.66. The van der Waals surface area contributed by atoms with Crippen LogP contribution in [0.25, 0.3) is 0 Å². The van der Waals surface area contributed by atoms with Crippen LogP contribution >= 0.6 is 31.9 Å². The monoisotopic (exact) mass is 289 g/mol. The van der Waals surface area contributed by atoms with Gasteiger partial charge in [-0.1, -0.05) is 13.8 Å². The number of hydrogen-bond donors (Lipinski definition) is 0. The smallest absolute Gasteiger partial charge is 0.0399 e. The van der Waals surface area contributed by atoms with Crippen LogP contribution in [-0.2, 0) is 12.8 Å². The fourth-order valence-corrected chi connectivity index (χ4v) is 2.28. The van der Waals surface area contributed by atoms with Crippen LogP contribution in [0.3, 0.4) is 0 Å². The molecule has 1 rings (SSSR count). The molecule has 12 heavy (non-hydrogen) atoms. The quantitative estimate of drug-likeness (QED) is 0.768. The van der Waals surface area contributed by atoms with Gasteiger partial charge in [0.1, 0.15) is 0 Å². The van der Waals surface area contributed by atoms with Crippen molar-refractivity contribution in [3.05, 3.63) is 32.2 Å². The van der Waals surface area contributed by atoms with E-state index in [2.05, 4.69) is 57.8 Å². The van der Waals surface area contributed by atoms with Crippen LogP contribution in [0.2, 0.25) is 0 Å². The van der Waals surface area contributed by atoms with Crippen molar-refractivity contribution in [1.29, 1.82) is 0 Å². The Bertz CT molecular complexity index is 279. The number of rotatable bonds is 2. The molecule has 0 aliphatic rings. The fraction of sp³-hybridized carbons (Fsp3) is 0.400. The van der Waals surface area contributed by atoms with Gasteiger partial charge in [0.2, 0.25) is 0 Å². The normalized spacial score (nSPS) is 10.3. The molecule has 0 N–H and O–H groups in total. The molecular weight excluding hydrogens is 280 g/mol. The van der Waals surface area contributed by atoms with E-state index in [1.54, 1.807) is 0 Å². The molecule has 0 nitrogen and oxygen atoms in total. The Kier molecular flexibility index (Phi) is 3.78. The van der Waals surface area contributed by atoms with Gasteiger partial charge in [-0.2, -0.15) is 0 Å². The average Bonchev–Trinajstić information content (AvgIpc) is 2.09. The lowest BCUT2D eigenvalue weighted by atomic mass is 10.0. The zero-order valence-electron chi connectivity index (χ0n) is 7.25. The summed E-state index contributed by atoms with van der Waals surface area (Å²) in [5, 5.41) is 0. The Morgan fingerprint density at radius 3 is 2.42 bits per heavy atom. The van der Waals surface area contributed by atoms with Crippen LogP contribution in [0, 0.1) is 6.07 Å². The molecule has 1 radical (unpaired) electrons. The second kappa shape index (κ2) is 4.43. The van der Waals surface area contributed by atoms with Gasteiger partial charge >= 0.3 is 0 Å². The second-order valence-electron chi connectivity index (χ2n) is 2.63. The highest BCUT2D eigenvalue weighted by atomic mass is 79.9. The van der Waals surface area contributed by atoms with Crippen molar-refractivity contribution in [2.24, 2.45) is 0 Å². The van der Waals surface area contributed by atoms with Crippen molar-refractivity contribution in [1.82, 2.24) is 0 Å². The minimum absolute atomic E-state index is 1.02. The largest absolute Gasteiger partial charge is 0.0613 e. The average molecular weight is 291 g/mol. The van der Waals surface area contributed by atoms with Crippen LogP contribution in [0.1, 0.15) is 25.0 Å². The number of hydrogen-bond acceptors (Lipinski definition) is 0. The molecule has 0 aromatic heterocycles. The Morgan fingerprint density at radius 1 is 1.25 bits per heavy atom. The van der Waals surface area contributed by atoms with Gasteiger partial charge in [0.15, 0.2) is 0 Å². The predicted molar refractivity (Wildman–Crippen MR) is 59.4 cm³/mol. The van der Waals surface area contributed by atoms with E-state index < -0.39 is 0 Å². The van der Waals surface area contributed by atoms with Gasteiger partial charge in [-0.3, -0.25) is 0 Å². The Labute approximate surface area is 90.6 Å². The highest BCUT2D eigenvalue weighted by Crippen LogP contribution is 2.29. The van der Waals surface area contributed by atoms with E-state index in [1.807, 2.05) is 0 Å². The fourth-order valence-electron chi connectivity index (χ4n) is 1.27. The minimum atomic E-state index is 1.02. The zero-order valence-corrected chi connectivity index (χ0v) is 10.4. The summed E-state index contributed by atoms with van der Waals surface area (Å²) in [5.74, 6) is 0. The molecule has 0 unspecified atom stereocenters. The molecule has 0 saturated carbocycles. The van der Waals surface area contributed by atoms with Crippen molar-refractivity contribution in [3.63, 3.8) is 0 Å². The molecule has 1 aromatic rings. The van der Waals surface area contributed by atoms with E-state index >= 15 is 0 Å². The summed E-state index contributed by atoms with van der Waals surface area (Å²) < 4.78 is 2.18. The molecule has 0 atom stereocenters.